The molecule has 0 amide bonds. The summed E-state index contributed by atoms with van der Waals surface area (Å²) in [5, 5.41) is 4.73. The molecule has 0 atom stereocenters. The number of hydrogen-bond acceptors (Lipinski definition) is 7. The molecular formula is C11H10BrN7S. The van der Waals surface area contributed by atoms with Crippen molar-refractivity contribution in [3.63, 3.8) is 0 Å². The van der Waals surface area contributed by atoms with Crippen molar-refractivity contribution in [3.8, 4) is 0 Å². The molecule has 9 heteroatoms. The summed E-state index contributed by atoms with van der Waals surface area (Å²) in [6.07, 6.45) is 4.62. The predicted octanol–water partition coefficient (Wildman–Crippen LogP) is 2.49. The number of imidazole rings is 1. The van der Waals surface area contributed by atoms with E-state index >= 15 is 0 Å². The van der Waals surface area contributed by atoms with E-state index in [2.05, 4.69) is 51.2 Å². The maximum Gasteiger partial charge on any atom is 0.181 e. The Morgan fingerprint density at radius 1 is 1.15 bits per heavy atom. The first-order chi connectivity index (χ1) is 9.79. The molecule has 0 unspecified atom stereocenters. The van der Waals surface area contributed by atoms with Gasteiger partial charge in [-0.3, -0.25) is 0 Å². The Kier molecular flexibility index (Phi) is 3.79. The summed E-state index contributed by atoms with van der Waals surface area (Å²) < 4.78 is 0.818. The van der Waals surface area contributed by atoms with Crippen LogP contribution in [-0.2, 0) is 0 Å². The number of aromatic amines is 1. The molecule has 7 nitrogen and oxygen atoms in total. The summed E-state index contributed by atoms with van der Waals surface area (Å²) in [4.78, 5) is 24.0. The van der Waals surface area contributed by atoms with E-state index in [0.717, 1.165) is 32.4 Å². The summed E-state index contributed by atoms with van der Waals surface area (Å²) >= 11 is 4.94. The van der Waals surface area contributed by atoms with Crippen LogP contribution in [0.25, 0.3) is 11.2 Å². The van der Waals surface area contributed by atoms with Crippen LogP contribution in [0.2, 0.25) is 0 Å². The lowest BCUT2D eigenvalue weighted by atomic mass is 10.5. The quantitative estimate of drug-likeness (QED) is 0.697. The van der Waals surface area contributed by atoms with Crippen molar-refractivity contribution in [2.24, 2.45) is 0 Å². The highest BCUT2D eigenvalue weighted by molar-refractivity contribution is 9.10. The molecule has 0 aliphatic heterocycles. The molecular weight excluding hydrogens is 342 g/mol. The summed E-state index contributed by atoms with van der Waals surface area (Å²) in [6, 6.07) is 0. The summed E-state index contributed by atoms with van der Waals surface area (Å²) in [6.45, 7) is 2.80. The third-order valence-corrected chi connectivity index (χ3v) is 4.50. The molecule has 3 aromatic rings. The molecule has 0 aliphatic rings. The Balaban J connectivity index is 1.99. The summed E-state index contributed by atoms with van der Waals surface area (Å²) in [5.41, 5.74) is 1.44. The first kappa shape index (κ1) is 13.3. The molecule has 0 saturated carbocycles. The zero-order chi connectivity index (χ0) is 13.9. The largest absolute Gasteiger partial charge is 0.369 e. The van der Waals surface area contributed by atoms with Gasteiger partial charge in [0.15, 0.2) is 5.65 Å². The van der Waals surface area contributed by atoms with Crippen LogP contribution in [-0.4, -0.2) is 36.4 Å². The fourth-order valence-corrected chi connectivity index (χ4v) is 3.04. The maximum atomic E-state index is 4.28. The predicted molar refractivity (Wildman–Crippen MR) is 79.7 cm³/mol. The van der Waals surface area contributed by atoms with Crippen molar-refractivity contribution in [2.75, 3.05) is 11.9 Å². The van der Waals surface area contributed by atoms with Crippen LogP contribution in [0, 0.1) is 0 Å². The maximum absolute atomic E-state index is 4.28. The Morgan fingerprint density at radius 3 is 2.80 bits per heavy atom. The lowest BCUT2D eigenvalue weighted by Gasteiger charge is -2.08. The number of aromatic nitrogens is 6. The van der Waals surface area contributed by atoms with Gasteiger partial charge >= 0.3 is 0 Å². The van der Waals surface area contributed by atoms with Crippen molar-refractivity contribution in [2.45, 2.75) is 17.0 Å². The Morgan fingerprint density at radius 2 is 1.95 bits per heavy atom. The van der Waals surface area contributed by atoms with Gasteiger partial charge in [0.2, 0.25) is 0 Å². The summed E-state index contributed by atoms with van der Waals surface area (Å²) in [7, 11) is 0. The molecule has 20 heavy (non-hydrogen) atoms. The van der Waals surface area contributed by atoms with E-state index in [-0.39, 0.29) is 0 Å². The molecule has 0 aliphatic carbocycles. The fraction of sp³-hybridized carbons (Fsp3) is 0.182. The van der Waals surface area contributed by atoms with Gasteiger partial charge in [-0.15, -0.1) is 0 Å². The van der Waals surface area contributed by atoms with E-state index in [1.165, 1.54) is 24.4 Å². The average molecular weight is 352 g/mol. The molecule has 0 bridgehead atoms. The molecule has 3 rings (SSSR count). The van der Waals surface area contributed by atoms with Crippen molar-refractivity contribution in [1.82, 2.24) is 29.9 Å². The summed E-state index contributed by atoms with van der Waals surface area (Å²) in [5.74, 6) is 0.764. The minimum atomic E-state index is 0.639. The van der Waals surface area contributed by atoms with Gasteiger partial charge in [-0.25, -0.2) is 24.9 Å². The lowest BCUT2D eigenvalue weighted by Crippen LogP contribution is -2.01. The molecule has 3 aromatic heterocycles. The van der Waals surface area contributed by atoms with Crippen LogP contribution in [0.1, 0.15) is 6.92 Å². The Labute approximate surface area is 127 Å². The fourth-order valence-electron chi connectivity index (χ4n) is 1.63. The molecule has 0 spiro atoms. The van der Waals surface area contributed by atoms with Gasteiger partial charge < -0.3 is 10.3 Å². The van der Waals surface area contributed by atoms with Crippen LogP contribution < -0.4 is 5.32 Å². The molecule has 2 N–H and O–H groups in total. The van der Waals surface area contributed by atoms with Crippen LogP contribution >= 0.6 is 27.7 Å². The molecule has 0 radical (unpaired) electrons. The third kappa shape index (κ3) is 2.46. The van der Waals surface area contributed by atoms with E-state index in [0.29, 0.717) is 5.65 Å². The van der Waals surface area contributed by atoms with E-state index in [4.69, 9.17) is 0 Å². The second-order valence-electron chi connectivity index (χ2n) is 3.75. The van der Waals surface area contributed by atoms with Gasteiger partial charge in [-0.2, -0.15) is 0 Å². The lowest BCUT2D eigenvalue weighted by molar-refractivity contribution is 1.00. The van der Waals surface area contributed by atoms with Gasteiger partial charge in [0.1, 0.15) is 34.0 Å². The second-order valence-corrected chi connectivity index (χ2v) is 5.52. The minimum absolute atomic E-state index is 0.639. The molecule has 0 aromatic carbocycles. The minimum Gasteiger partial charge on any atom is -0.369 e. The highest BCUT2D eigenvalue weighted by Crippen LogP contribution is 2.35. The second kappa shape index (κ2) is 5.71. The molecule has 102 valence electrons. The first-order valence-electron chi connectivity index (χ1n) is 5.86. The number of nitrogens with zero attached hydrogens (tertiary/aromatic N) is 5. The molecule has 3 heterocycles. The number of nitrogens with one attached hydrogen (secondary N) is 2. The van der Waals surface area contributed by atoms with Crippen LogP contribution in [0.15, 0.2) is 33.5 Å². The van der Waals surface area contributed by atoms with Crippen LogP contribution in [0.3, 0.4) is 0 Å². The highest BCUT2D eigenvalue weighted by atomic mass is 79.9. The number of fused-ring (bicyclic) bond motifs is 1. The van der Waals surface area contributed by atoms with E-state index in [9.17, 15) is 0 Å². The van der Waals surface area contributed by atoms with Crippen molar-refractivity contribution in [3.05, 3.63) is 23.5 Å². The smallest absolute Gasteiger partial charge is 0.181 e. The van der Waals surface area contributed by atoms with E-state index in [1.54, 1.807) is 6.33 Å². The normalized spacial score (nSPS) is 10.9. The zero-order valence-corrected chi connectivity index (χ0v) is 12.9. The van der Waals surface area contributed by atoms with Crippen LogP contribution in [0.5, 0.6) is 0 Å². The Bertz CT molecular complexity index is 744. The van der Waals surface area contributed by atoms with Crippen molar-refractivity contribution < 1.29 is 0 Å². The number of rotatable bonds is 4. The number of H-pyrrole nitrogens is 1. The topological polar surface area (TPSA) is 92.3 Å². The van der Waals surface area contributed by atoms with Gasteiger partial charge in [-0.1, -0.05) is 0 Å². The van der Waals surface area contributed by atoms with E-state index < -0.39 is 0 Å². The Hall–Kier alpha value is -1.74. The van der Waals surface area contributed by atoms with Gasteiger partial charge in [-0.05, 0) is 34.6 Å². The number of anilines is 1. The van der Waals surface area contributed by atoms with Crippen molar-refractivity contribution in [1.29, 1.82) is 0 Å². The van der Waals surface area contributed by atoms with Gasteiger partial charge in [0.05, 0.1) is 10.8 Å². The van der Waals surface area contributed by atoms with Crippen molar-refractivity contribution >= 4 is 44.7 Å². The zero-order valence-electron chi connectivity index (χ0n) is 10.5. The van der Waals surface area contributed by atoms with Gasteiger partial charge in [0.25, 0.3) is 0 Å². The van der Waals surface area contributed by atoms with E-state index in [1.807, 2.05) is 6.92 Å². The molecule has 0 fully saturated rings. The number of halogens is 1. The molecule has 0 saturated heterocycles. The van der Waals surface area contributed by atoms with Crippen LogP contribution in [0.4, 0.5) is 5.82 Å². The first-order valence-corrected chi connectivity index (χ1v) is 7.47. The standard InChI is InChI=1S/C11H10BrN7S/c1-2-13-8-6(12)10(18-4-15-8)20-11-7-9(16-3-14-7)17-5-19-11/h3-5H,2H2,1H3,(H,13,15,18)(H,14,16,17,19). The third-order valence-electron chi connectivity index (χ3n) is 2.48. The van der Waals surface area contributed by atoms with Gasteiger partial charge in [0, 0.05) is 6.54 Å². The average Bonchev–Trinajstić information content (AvgIpc) is 2.93. The SMILES string of the molecule is CCNc1ncnc(Sc2ncnc3nc[nH]c23)c1Br. The highest BCUT2D eigenvalue weighted by Gasteiger charge is 2.13. The monoisotopic (exact) mass is 351 g/mol. The number of hydrogen-bond donors (Lipinski definition) is 2.